The van der Waals surface area contributed by atoms with Gasteiger partial charge in [0, 0.05) is 22.5 Å². The van der Waals surface area contributed by atoms with Gasteiger partial charge in [-0.2, -0.15) is 0 Å². The molecule has 0 fully saturated rings. The van der Waals surface area contributed by atoms with Gasteiger partial charge in [0.15, 0.2) is 0 Å². The molecule has 4 aromatic carbocycles. The zero-order chi connectivity index (χ0) is 38.8. The Balaban J connectivity index is 1.64. The van der Waals surface area contributed by atoms with Gasteiger partial charge in [-0.25, -0.2) is 9.97 Å². The van der Waals surface area contributed by atoms with E-state index in [0.717, 1.165) is 114 Å². The summed E-state index contributed by atoms with van der Waals surface area (Å²) in [5.41, 5.74) is 12.5. The van der Waals surface area contributed by atoms with Crippen molar-refractivity contribution in [3.8, 4) is 33.6 Å². The van der Waals surface area contributed by atoms with E-state index in [-0.39, 0.29) is 0 Å². The molecule has 0 aliphatic carbocycles. The van der Waals surface area contributed by atoms with Crippen molar-refractivity contribution in [2.75, 3.05) is 0 Å². The Morgan fingerprint density at radius 3 is 1.05 bits per heavy atom. The predicted octanol–water partition coefficient (Wildman–Crippen LogP) is 16.9. The van der Waals surface area contributed by atoms with Gasteiger partial charge in [-0.15, -0.1) is 0 Å². The van der Waals surface area contributed by atoms with Gasteiger partial charge in [0.1, 0.15) is 0 Å². The van der Waals surface area contributed by atoms with Crippen LogP contribution in [0.2, 0.25) is 0 Å². The molecule has 0 N–H and O–H groups in total. The summed E-state index contributed by atoms with van der Waals surface area (Å²) in [4.78, 5) is 10.9. The topological polar surface area (TPSA) is 35.6 Å². The monoisotopic (exact) mass is 1240 g/mol. The number of para-hydroxylation sites is 2. The second kappa shape index (κ2) is 15.8. The Bertz CT molecular complexity index is 2780. The van der Waals surface area contributed by atoms with Crippen molar-refractivity contribution in [2.24, 2.45) is 0 Å². The number of rotatable bonds is 4. The molecule has 0 unspecified atom stereocenters. The van der Waals surface area contributed by atoms with Crippen LogP contribution in [0.1, 0.15) is 22.8 Å². The molecule has 56 heavy (non-hydrogen) atoms. The van der Waals surface area contributed by atoms with Crippen LogP contribution in [-0.2, 0) is 0 Å². The van der Waals surface area contributed by atoms with Crippen LogP contribution in [0, 0.1) is 0 Å². The number of benzene rings is 4. The first-order valence-corrected chi connectivity index (χ1v) is 23.4. The normalized spacial score (nSPS) is 12.9. The molecule has 5 heterocycles. The van der Waals surface area contributed by atoms with Gasteiger partial charge in [-0.3, -0.25) is 0 Å². The number of hydrogen-bond donors (Lipinski definition) is 0. The zero-order valence-electron chi connectivity index (χ0n) is 28.5. The lowest BCUT2D eigenvalue weighted by molar-refractivity contribution is 1.16. The van der Waals surface area contributed by atoms with Crippen LogP contribution < -0.4 is 0 Å². The molecule has 2 aliphatic heterocycles. The minimum absolute atomic E-state index is 0.758. The lowest BCUT2D eigenvalue weighted by Crippen LogP contribution is -1.98. The molecule has 2 aliphatic rings. The molecule has 0 amide bonds. The molecular weight excluding hydrogens is 1220 g/mol. The van der Waals surface area contributed by atoms with E-state index < -0.39 is 0 Å². The van der Waals surface area contributed by atoms with Gasteiger partial charge < -0.3 is 9.13 Å². The van der Waals surface area contributed by atoms with Gasteiger partial charge in [0.05, 0.1) is 80.7 Å². The molecule has 7 aromatic rings. The fourth-order valence-corrected chi connectivity index (χ4v) is 11.0. The third-order valence-electron chi connectivity index (χ3n) is 9.54. The highest BCUT2D eigenvalue weighted by atomic mass is 79.9. The Kier molecular flexibility index (Phi) is 11.0. The molecule has 0 spiro atoms. The minimum Gasteiger partial charge on any atom is -0.307 e. The van der Waals surface area contributed by atoms with E-state index in [1.165, 1.54) is 0 Å². The molecule has 9 rings (SSSR count). The van der Waals surface area contributed by atoms with Crippen LogP contribution in [-0.4, -0.2) is 19.1 Å². The Labute approximate surface area is 389 Å². The molecular formula is C44H22Br8N4. The predicted molar refractivity (Wildman–Crippen MR) is 262 cm³/mol. The van der Waals surface area contributed by atoms with Crippen LogP contribution in [0.4, 0.5) is 0 Å². The average molecular weight is 1250 g/mol. The summed E-state index contributed by atoms with van der Waals surface area (Å²) in [5, 5.41) is 0. The minimum atomic E-state index is 0.758. The number of aromatic nitrogens is 4. The summed E-state index contributed by atoms with van der Waals surface area (Å²) in [6, 6.07) is 45.8. The highest BCUT2D eigenvalue weighted by Gasteiger charge is 2.30. The molecule has 12 heteroatoms. The maximum atomic E-state index is 5.66. The van der Waals surface area contributed by atoms with E-state index in [2.05, 4.69) is 246 Å². The third kappa shape index (κ3) is 6.51. The molecule has 0 radical (unpaired) electrons. The molecule has 4 nitrogen and oxygen atoms in total. The van der Waals surface area contributed by atoms with E-state index in [1.807, 2.05) is 24.3 Å². The lowest BCUT2D eigenvalue weighted by Gasteiger charge is -2.13. The van der Waals surface area contributed by atoms with Crippen molar-refractivity contribution < 1.29 is 0 Å². The fourth-order valence-electron chi connectivity index (χ4n) is 7.09. The summed E-state index contributed by atoms with van der Waals surface area (Å²) in [7, 11) is 0. The van der Waals surface area contributed by atoms with Gasteiger partial charge >= 0.3 is 0 Å². The Hall–Kier alpha value is -2.68. The summed E-state index contributed by atoms with van der Waals surface area (Å²) in [6.07, 6.45) is 0. The number of fused-ring (bicyclic) bond motifs is 8. The average Bonchev–Trinajstić information content (AvgIpc) is 3.84. The standard InChI is InChI=1S/C44H22Br8N4/c45-33-27-21-29-35(47)39(51)43(55(29)25-17-9-3-10-18-25)31(23-13-5-1-6-14-23)41-37(49)38(50)42(54-41)32(24-15-7-2-8-16-24)44-40(52)36(48)30(22-28(53-27)34(33)46)56(44)26-19-11-4-12-20-26/h1-22H. The smallest absolute Gasteiger partial charge is 0.0891 e. The van der Waals surface area contributed by atoms with Crippen molar-refractivity contribution in [3.05, 3.63) is 174 Å². The number of hydrogen-bond acceptors (Lipinski definition) is 2. The Morgan fingerprint density at radius 2 is 0.696 bits per heavy atom. The van der Waals surface area contributed by atoms with Crippen LogP contribution in [0.25, 0.3) is 73.6 Å². The molecule has 0 saturated heterocycles. The molecule has 0 atom stereocenters. The number of halogens is 8. The maximum absolute atomic E-state index is 5.66. The lowest BCUT2D eigenvalue weighted by atomic mass is 10.0. The maximum Gasteiger partial charge on any atom is 0.0891 e. The van der Waals surface area contributed by atoms with E-state index >= 15 is 0 Å². The van der Waals surface area contributed by atoms with Crippen LogP contribution in [0.3, 0.4) is 0 Å². The van der Waals surface area contributed by atoms with E-state index in [9.17, 15) is 0 Å². The van der Waals surface area contributed by atoms with E-state index in [4.69, 9.17) is 9.97 Å². The van der Waals surface area contributed by atoms with Crippen molar-refractivity contribution in [2.45, 2.75) is 0 Å². The first-order chi connectivity index (χ1) is 27.2. The van der Waals surface area contributed by atoms with Crippen LogP contribution >= 0.6 is 127 Å². The van der Waals surface area contributed by atoms with Gasteiger partial charge in [-0.05, 0) is 175 Å². The highest BCUT2D eigenvalue weighted by Crippen LogP contribution is 2.52. The summed E-state index contributed by atoms with van der Waals surface area (Å²) in [5.74, 6) is 0. The van der Waals surface area contributed by atoms with Gasteiger partial charge in [-0.1, -0.05) is 97.1 Å². The largest absolute Gasteiger partial charge is 0.307 e. The molecule has 8 bridgehead atoms. The van der Waals surface area contributed by atoms with Crippen molar-refractivity contribution >= 4 is 167 Å². The SMILES string of the molecule is BrC1=C(Br)c2cc3c(Br)c(Br)c(c(-c4ccccc4)c4nc(c(-c5ccccc5)c5c(Br)c(Br)c(cc1n2)n5-c1ccccc1)C(Br)=C4Br)n3-c1ccccc1. The van der Waals surface area contributed by atoms with E-state index in [0.29, 0.717) is 0 Å². The molecule has 274 valence electrons. The van der Waals surface area contributed by atoms with Crippen molar-refractivity contribution in [1.82, 2.24) is 19.1 Å². The Morgan fingerprint density at radius 1 is 0.357 bits per heavy atom. The highest BCUT2D eigenvalue weighted by molar-refractivity contribution is 9.18. The van der Waals surface area contributed by atoms with Gasteiger partial charge in [0.25, 0.3) is 0 Å². The van der Waals surface area contributed by atoms with Crippen LogP contribution in [0.15, 0.2) is 151 Å². The first kappa shape index (κ1) is 38.8. The summed E-state index contributed by atoms with van der Waals surface area (Å²) < 4.78 is 11.3. The zero-order valence-corrected chi connectivity index (χ0v) is 41.2. The molecule has 3 aromatic heterocycles. The van der Waals surface area contributed by atoms with Crippen LogP contribution in [0.5, 0.6) is 0 Å². The second-order valence-electron chi connectivity index (χ2n) is 12.8. The third-order valence-corrected chi connectivity index (χ3v) is 18.0. The first-order valence-electron chi connectivity index (χ1n) is 17.0. The summed E-state index contributed by atoms with van der Waals surface area (Å²) in [6.45, 7) is 0. The van der Waals surface area contributed by atoms with E-state index in [1.54, 1.807) is 0 Å². The summed E-state index contributed by atoms with van der Waals surface area (Å²) >= 11 is 32.2. The second-order valence-corrected chi connectivity index (χ2v) is 19.1. The quantitative estimate of drug-likeness (QED) is 0.176. The van der Waals surface area contributed by atoms with Gasteiger partial charge in [0.2, 0.25) is 0 Å². The van der Waals surface area contributed by atoms with Crippen molar-refractivity contribution in [1.29, 1.82) is 0 Å². The number of nitrogens with zero attached hydrogens (tertiary/aromatic N) is 4. The fraction of sp³-hybridized carbons (Fsp3) is 0. The molecule has 0 saturated carbocycles. The van der Waals surface area contributed by atoms with Crippen molar-refractivity contribution in [3.63, 3.8) is 0 Å².